The summed E-state index contributed by atoms with van der Waals surface area (Å²) < 4.78 is 5.55. The van der Waals surface area contributed by atoms with E-state index in [1.165, 1.54) is 0 Å². The van der Waals surface area contributed by atoms with Crippen LogP contribution in [0, 0.1) is 0 Å². The van der Waals surface area contributed by atoms with Gasteiger partial charge in [0.1, 0.15) is 10.2 Å². The summed E-state index contributed by atoms with van der Waals surface area (Å²) in [6.45, 7) is 2.04. The molecule has 2 aromatic rings. The summed E-state index contributed by atoms with van der Waals surface area (Å²) in [5, 5.41) is 0. The average molecular weight is 324 g/mol. The van der Waals surface area contributed by atoms with Crippen molar-refractivity contribution < 1.29 is 4.74 Å². The maximum Gasteiger partial charge on any atom is 0.265 e. The Bertz CT molecular complexity index is 640. The fraction of sp³-hybridized carbons (Fsp3) is 0.308. The van der Waals surface area contributed by atoms with Crippen molar-refractivity contribution in [3.63, 3.8) is 0 Å². The van der Waals surface area contributed by atoms with Crippen LogP contribution < -0.4 is 10.3 Å². The quantitative estimate of drug-likeness (QED) is 0.938. The van der Waals surface area contributed by atoms with E-state index < -0.39 is 0 Å². The first-order valence-electron chi connectivity index (χ1n) is 5.95. The molecule has 0 aliphatic heterocycles. The van der Waals surface area contributed by atoms with Crippen molar-refractivity contribution in [3.8, 4) is 17.4 Å². The highest BCUT2D eigenvalue weighted by Crippen LogP contribution is 2.18. The van der Waals surface area contributed by atoms with Gasteiger partial charge in [0.25, 0.3) is 5.56 Å². The molecule has 0 aliphatic carbocycles. The lowest BCUT2D eigenvalue weighted by Crippen LogP contribution is -2.14. The minimum atomic E-state index is -0.196. The van der Waals surface area contributed by atoms with E-state index in [1.54, 1.807) is 19.2 Å². The van der Waals surface area contributed by atoms with Crippen LogP contribution in [0.15, 0.2) is 27.5 Å². The lowest BCUT2D eigenvalue weighted by molar-refractivity contribution is 0.398. The average Bonchev–Trinajstić information content (AvgIpc) is 2.44. The second-order valence-electron chi connectivity index (χ2n) is 3.99. The van der Waals surface area contributed by atoms with Crippen LogP contribution >= 0.6 is 15.9 Å². The van der Waals surface area contributed by atoms with Gasteiger partial charge in [-0.1, -0.05) is 19.4 Å². The van der Waals surface area contributed by atoms with Gasteiger partial charge >= 0.3 is 0 Å². The molecule has 0 spiro atoms. The number of rotatable bonds is 4. The molecule has 0 unspecified atom stereocenters. The van der Waals surface area contributed by atoms with Gasteiger partial charge in [-0.3, -0.25) is 4.79 Å². The zero-order valence-corrected chi connectivity index (χ0v) is 12.3. The van der Waals surface area contributed by atoms with Crippen molar-refractivity contribution in [2.75, 3.05) is 7.11 Å². The van der Waals surface area contributed by atoms with Gasteiger partial charge in [-0.25, -0.2) is 9.97 Å². The van der Waals surface area contributed by atoms with Gasteiger partial charge in [-0.2, -0.15) is 0 Å². The molecule has 2 aromatic heterocycles. The molecule has 6 heteroatoms. The van der Waals surface area contributed by atoms with Crippen molar-refractivity contribution in [2.45, 2.75) is 19.8 Å². The number of halogens is 1. The van der Waals surface area contributed by atoms with E-state index in [-0.39, 0.29) is 5.56 Å². The highest BCUT2D eigenvalue weighted by Gasteiger charge is 2.11. The summed E-state index contributed by atoms with van der Waals surface area (Å²) in [5.41, 5.74) is 1.13. The van der Waals surface area contributed by atoms with E-state index in [2.05, 4.69) is 30.9 Å². The minimum absolute atomic E-state index is 0.196. The topological polar surface area (TPSA) is 67.9 Å². The number of hydrogen-bond donors (Lipinski definition) is 1. The molecule has 0 fully saturated rings. The third-order valence-corrected chi connectivity index (χ3v) is 3.41. The normalized spacial score (nSPS) is 10.5. The lowest BCUT2D eigenvalue weighted by Gasteiger charge is -2.06. The number of ether oxygens (including phenoxy) is 1. The van der Waals surface area contributed by atoms with Crippen LogP contribution in [0.1, 0.15) is 19.0 Å². The summed E-state index contributed by atoms with van der Waals surface area (Å²) in [7, 11) is 1.55. The Morgan fingerprint density at radius 1 is 1.37 bits per heavy atom. The Labute approximate surface area is 119 Å². The molecule has 0 saturated heterocycles. The minimum Gasteiger partial charge on any atom is -0.481 e. The zero-order valence-electron chi connectivity index (χ0n) is 10.7. The second kappa shape index (κ2) is 5.97. The van der Waals surface area contributed by atoms with E-state index in [1.807, 2.05) is 13.0 Å². The molecule has 0 amide bonds. The van der Waals surface area contributed by atoms with E-state index in [9.17, 15) is 4.79 Å². The third kappa shape index (κ3) is 3.01. The molecule has 0 atom stereocenters. The predicted octanol–water partition coefficient (Wildman–Crippen LogP) is 2.56. The zero-order chi connectivity index (χ0) is 13.8. The first-order chi connectivity index (χ1) is 9.15. The summed E-state index contributed by atoms with van der Waals surface area (Å²) in [6.07, 6.45) is 1.65. The largest absolute Gasteiger partial charge is 0.481 e. The smallest absolute Gasteiger partial charge is 0.265 e. The summed E-state index contributed by atoms with van der Waals surface area (Å²) in [5.74, 6) is 0.940. The van der Waals surface area contributed by atoms with E-state index >= 15 is 0 Å². The molecule has 19 heavy (non-hydrogen) atoms. The fourth-order valence-corrected chi connectivity index (χ4v) is 2.08. The van der Waals surface area contributed by atoms with Crippen LogP contribution in [-0.2, 0) is 6.42 Å². The first-order valence-corrected chi connectivity index (χ1v) is 6.75. The highest BCUT2D eigenvalue weighted by molar-refractivity contribution is 9.10. The Morgan fingerprint density at radius 3 is 2.84 bits per heavy atom. The number of H-pyrrole nitrogens is 1. The third-order valence-electron chi connectivity index (χ3n) is 2.59. The standard InChI is InChI=1S/C13H14BrN3O2/c1-3-5-8-11(14)13(18)17-12(16-8)9-6-4-7-10(15-9)19-2/h4,6-7H,3,5H2,1-2H3,(H,16,17,18). The first kappa shape index (κ1) is 13.7. The van der Waals surface area contributed by atoms with Gasteiger partial charge in [-0.05, 0) is 28.4 Å². The van der Waals surface area contributed by atoms with Crippen LogP contribution in [0.3, 0.4) is 0 Å². The number of pyridine rings is 1. The van der Waals surface area contributed by atoms with E-state index in [0.29, 0.717) is 21.9 Å². The number of hydrogen-bond acceptors (Lipinski definition) is 4. The van der Waals surface area contributed by atoms with Gasteiger partial charge in [-0.15, -0.1) is 0 Å². The molecule has 0 bridgehead atoms. The molecule has 0 aromatic carbocycles. The second-order valence-corrected chi connectivity index (χ2v) is 4.78. The number of aromatic nitrogens is 3. The van der Waals surface area contributed by atoms with Gasteiger partial charge in [0.15, 0.2) is 5.82 Å². The molecule has 1 N–H and O–H groups in total. The molecular weight excluding hydrogens is 310 g/mol. The maximum absolute atomic E-state index is 11.9. The van der Waals surface area contributed by atoms with E-state index in [0.717, 1.165) is 18.5 Å². The number of nitrogens with zero attached hydrogens (tertiary/aromatic N) is 2. The van der Waals surface area contributed by atoms with Crippen LogP contribution in [0.2, 0.25) is 0 Å². The van der Waals surface area contributed by atoms with Gasteiger partial charge in [0, 0.05) is 6.07 Å². The Hall–Kier alpha value is -1.69. The van der Waals surface area contributed by atoms with Crippen molar-refractivity contribution >= 4 is 15.9 Å². The number of methoxy groups -OCH3 is 1. The fourth-order valence-electron chi connectivity index (χ4n) is 1.69. The van der Waals surface area contributed by atoms with E-state index in [4.69, 9.17) is 4.74 Å². The van der Waals surface area contributed by atoms with Gasteiger partial charge in [0.2, 0.25) is 5.88 Å². The monoisotopic (exact) mass is 323 g/mol. The van der Waals surface area contributed by atoms with Crippen LogP contribution in [0.5, 0.6) is 5.88 Å². The maximum atomic E-state index is 11.9. The number of aromatic amines is 1. The highest BCUT2D eigenvalue weighted by atomic mass is 79.9. The molecule has 5 nitrogen and oxygen atoms in total. The molecule has 2 heterocycles. The van der Waals surface area contributed by atoms with Crippen LogP contribution in [0.4, 0.5) is 0 Å². The van der Waals surface area contributed by atoms with Gasteiger partial charge < -0.3 is 9.72 Å². The molecule has 0 radical (unpaired) electrons. The molecular formula is C13H14BrN3O2. The SMILES string of the molecule is CCCc1nc(-c2cccc(OC)n2)[nH]c(=O)c1Br. The van der Waals surface area contributed by atoms with Crippen molar-refractivity contribution in [1.29, 1.82) is 0 Å². The molecule has 2 rings (SSSR count). The number of nitrogens with one attached hydrogen (secondary N) is 1. The van der Waals surface area contributed by atoms with Crippen molar-refractivity contribution in [1.82, 2.24) is 15.0 Å². The summed E-state index contributed by atoms with van der Waals surface area (Å²) >= 11 is 3.26. The Balaban J connectivity index is 2.52. The van der Waals surface area contributed by atoms with Crippen molar-refractivity contribution in [3.05, 3.63) is 38.7 Å². The Kier molecular flexibility index (Phi) is 4.31. The molecule has 0 saturated carbocycles. The molecule has 100 valence electrons. The van der Waals surface area contributed by atoms with Gasteiger partial charge in [0.05, 0.1) is 12.8 Å². The molecule has 0 aliphatic rings. The summed E-state index contributed by atoms with van der Waals surface area (Å²) in [6, 6.07) is 5.33. The Morgan fingerprint density at radius 2 is 2.16 bits per heavy atom. The van der Waals surface area contributed by atoms with Crippen molar-refractivity contribution in [2.24, 2.45) is 0 Å². The summed E-state index contributed by atoms with van der Waals surface area (Å²) in [4.78, 5) is 23.3. The van der Waals surface area contributed by atoms with Crippen LogP contribution in [0.25, 0.3) is 11.5 Å². The predicted molar refractivity (Wildman–Crippen MR) is 76.3 cm³/mol. The van der Waals surface area contributed by atoms with Crippen LogP contribution in [-0.4, -0.2) is 22.1 Å². The number of aryl methyl sites for hydroxylation is 1. The lowest BCUT2D eigenvalue weighted by atomic mass is 10.2.